The first-order valence-corrected chi connectivity index (χ1v) is 7.55. The Morgan fingerprint density at radius 2 is 2.17 bits per heavy atom. The van der Waals surface area contributed by atoms with E-state index in [0.29, 0.717) is 10.0 Å². The van der Waals surface area contributed by atoms with Crippen molar-refractivity contribution in [3.63, 3.8) is 0 Å². The number of ether oxygens (including phenoxy) is 2. The van der Waals surface area contributed by atoms with Crippen LogP contribution in [0, 0.1) is 0 Å². The Hall–Kier alpha value is -2.13. The number of hydrogen-bond acceptors (Lipinski definition) is 6. The quantitative estimate of drug-likeness (QED) is 0.448. The predicted molar refractivity (Wildman–Crippen MR) is 89.8 cm³/mol. The van der Waals surface area contributed by atoms with Crippen molar-refractivity contribution < 1.29 is 24.2 Å². The van der Waals surface area contributed by atoms with Gasteiger partial charge in [0, 0.05) is 4.47 Å². The van der Waals surface area contributed by atoms with E-state index in [-0.39, 0.29) is 28.9 Å². The van der Waals surface area contributed by atoms with Crippen LogP contribution in [0.15, 0.2) is 22.3 Å². The van der Waals surface area contributed by atoms with Gasteiger partial charge in [-0.15, -0.1) is 0 Å². The van der Waals surface area contributed by atoms with E-state index >= 15 is 0 Å². The molecule has 0 atom stereocenters. The minimum absolute atomic E-state index is 0.0323. The number of phenolic OH excluding ortho intramolecular Hbond substituents is 1. The minimum atomic E-state index is -0.573. The lowest BCUT2D eigenvalue weighted by molar-refractivity contribution is -0.143. The fourth-order valence-electron chi connectivity index (χ4n) is 1.90. The summed E-state index contributed by atoms with van der Waals surface area (Å²) < 4.78 is 10.1. The van der Waals surface area contributed by atoms with Crippen LogP contribution < -0.4 is 10.1 Å². The maximum atomic E-state index is 12.3. The molecular formula is C14H13BrN2O5S. The fourth-order valence-corrected chi connectivity index (χ4v) is 2.60. The Kier molecular flexibility index (Phi) is 5.22. The maximum absolute atomic E-state index is 12.3. The summed E-state index contributed by atoms with van der Waals surface area (Å²) in [6, 6.07) is 3.02. The Bertz CT molecular complexity index is 719. The molecule has 1 aromatic carbocycles. The molecule has 9 heteroatoms. The lowest BCUT2D eigenvalue weighted by Gasteiger charge is -2.11. The molecule has 0 radical (unpaired) electrons. The molecule has 1 aliphatic rings. The molecule has 1 heterocycles. The van der Waals surface area contributed by atoms with Crippen LogP contribution >= 0.6 is 28.1 Å². The molecule has 1 aromatic rings. The SMILES string of the molecule is COC(=O)CN1C(=O)/C(=C/c2cc(OC)c(O)cc2Br)NC1=S. The van der Waals surface area contributed by atoms with Gasteiger partial charge in [0.2, 0.25) is 0 Å². The summed E-state index contributed by atoms with van der Waals surface area (Å²) in [5.41, 5.74) is 0.797. The van der Waals surface area contributed by atoms with Crippen LogP contribution in [0.2, 0.25) is 0 Å². The number of phenols is 1. The summed E-state index contributed by atoms with van der Waals surface area (Å²) in [7, 11) is 2.65. The Morgan fingerprint density at radius 1 is 1.48 bits per heavy atom. The third-order valence-electron chi connectivity index (χ3n) is 3.08. The van der Waals surface area contributed by atoms with Gasteiger partial charge in [-0.25, -0.2) is 0 Å². The Labute approximate surface area is 146 Å². The third-order valence-corrected chi connectivity index (χ3v) is 4.08. The highest BCUT2D eigenvalue weighted by Crippen LogP contribution is 2.33. The largest absolute Gasteiger partial charge is 0.504 e. The molecule has 1 saturated heterocycles. The molecule has 0 aliphatic carbocycles. The first-order chi connectivity index (χ1) is 10.9. The second-order valence-electron chi connectivity index (χ2n) is 4.50. The van der Waals surface area contributed by atoms with Gasteiger partial charge in [0.25, 0.3) is 5.91 Å². The highest BCUT2D eigenvalue weighted by Gasteiger charge is 2.32. The van der Waals surface area contributed by atoms with Gasteiger partial charge in [-0.1, -0.05) is 15.9 Å². The molecular weight excluding hydrogens is 388 g/mol. The van der Waals surface area contributed by atoms with Crippen LogP contribution in [0.3, 0.4) is 0 Å². The number of amides is 1. The van der Waals surface area contributed by atoms with Gasteiger partial charge in [0.05, 0.1) is 14.2 Å². The van der Waals surface area contributed by atoms with Gasteiger partial charge >= 0.3 is 5.97 Å². The number of esters is 1. The summed E-state index contributed by atoms with van der Waals surface area (Å²) in [5.74, 6) is -0.787. The van der Waals surface area contributed by atoms with Crippen LogP contribution in [0.1, 0.15) is 5.56 Å². The fraction of sp³-hybridized carbons (Fsp3) is 0.214. The monoisotopic (exact) mass is 400 g/mol. The summed E-state index contributed by atoms with van der Waals surface area (Å²) in [6.45, 7) is -0.265. The first-order valence-electron chi connectivity index (χ1n) is 6.35. The van der Waals surface area contributed by atoms with Crippen molar-refractivity contribution in [1.82, 2.24) is 10.2 Å². The van der Waals surface area contributed by atoms with E-state index in [9.17, 15) is 14.7 Å². The van der Waals surface area contributed by atoms with E-state index in [0.717, 1.165) is 4.90 Å². The number of hydrogen-bond donors (Lipinski definition) is 2. The van der Waals surface area contributed by atoms with Gasteiger partial charge in [0.1, 0.15) is 12.2 Å². The number of benzene rings is 1. The molecule has 2 N–H and O–H groups in total. The molecule has 122 valence electrons. The number of methoxy groups -OCH3 is 2. The van der Waals surface area contributed by atoms with Crippen molar-refractivity contribution >= 4 is 51.2 Å². The standard InChI is InChI=1S/C14H13BrN2O5S/c1-21-11-4-7(8(15)5-10(11)18)3-9-13(20)17(14(23)16-9)6-12(19)22-2/h3-5,18H,6H2,1-2H3,(H,16,23)/b9-3-. The number of carbonyl (C=O) groups is 2. The van der Waals surface area contributed by atoms with Crippen molar-refractivity contribution in [1.29, 1.82) is 0 Å². The number of aromatic hydroxyl groups is 1. The highest BCUT2D eigenvalue weighted by atomic mass is 79.9. The van der Waals surface area contributed by atoms with E-state index < -0.39 is 11.9 Å². The number of halogens is 1. The third kappa shape index (κ3) is 3.62. The van der Waals surface area contributed by atoms with Crippen LogP contribution in [-0.4, -0.2) is 47.8 Å². The molecule has 1 aliphatic heterocycles. The van der Waals surface area contributed by atoms with Crippen molar-refractivity contribution in [2.24, 2.45) is 0 Å². The number of rotatable bonds is 4. The molecule has 1 fully saturated rings. The van der Waals surface area contributed by atoms with Crippen LogP contribution in [0.4, 0.5) is 0 Å². The van der Waals surface area contributed by atoms with Gasteiger partial charge in [0.15, 0.2) is 16.6 Å². The number of thiocarbonyl (C=S) groups is 1. The molecule has 0 aromatic heterocycles. The molecule has 0 saturated carbocycles. The minimum Gasteiger partial charge on any atom is -0.504 e. The van der Waals surface area contributed by atoms with Gasteiger partial charge in [-0.05, 0) is 36.0 Å². The zero-order valence-electron chi connectivity index (χ0n) is 12.3. The molecule has 0 spiro atoms. The smallest absolute Gasteiger partial charge is 0.325 e. The second kappa shape index (κ2) is 6.97. The average Bonchev–Trinajstić information content (AvgIpc) is 2.77. The van der Waals surface area contributed by atoms with Gasteiger partial charge < -0.3 is 19.9 Å². The van der Waals surface area contributed by atoms with Gasteiger partial charge in [-0.2, -0.15) is 0 Å². The van der Waals surface area contributed by atoms with Crippen LogP contribution in [0.5, 0.6) is 11.5 Å². The summed E-state index contributed by atoms with van der Waals surface area (Å²) in [5, 5.41) is 12.6. The van der Waals surface area contributed by atoms with Crippen LogP contribution in [-0.2, 0) is 14.3 Å². The molecule has 1 amide bonds. The summed E-state index contributed by atoms with van der Waals surface area (Å²) >= 11 is 8.35. The van der Waals surface area contributed by atoms with E-state index in [1.54, 1.807) is 6.07 Å². The summed E-state index contributed by atoms with van der Waals surface area (Å²) in [4.78, 5) is 24.7. The summed E-state index contributed by atoms with van der Waals surface area (Å²) in [6.07, 6.45) is 1.54. The zero-order valence-corrected chi connectivity index (χ0v) is 14.7. The number of carbonyl (C=O) groups excluding carboxylic acids is 2. The molecule has 23 heavy (non-hydrogen) atoms. The van der Waals surface area contributed by atoms with Crippen molar-refractivity contribution in [3.8, 4) is 11.5 Å². The lowest BCUT2D eigenvalue weighted by atomic mass is 10.1. The number of nitrogens with one attached hydrogen (secondary N) is 1. The average molecular weight is 401 g/mol. The first kappa shape index (κ1) is 17.2. The van der Waals surface area contributed by atoms with Crippen molar-refractivity contribution in [2.45, 2.75) is 0 Å². The maximum Gasteiger partial charge on any atom is 0.325 e. The highest BCUT2D eigenvalue weighted by molar-refractivity contribution is 9.10. The van der Waals surface area contributed by atoms with Crippen molar-refractivity contribution in [2.75, 3.05) is 20.8 Å². The second-order valence-corrected chi connectivity index (χ2v) is 5.74. The zero-order chi connectivity index (χ0) is 17.1. The molecule has 7 nitrogen and oxygen atoms in total. The van der Waals surface area contributed by atoms with E-state index in [4.69, 9.17) is 17.0 Å². The normalized spacial score (nSPS) is 15.8. The van der Waals surface area contributed by atoms with Crippen LogP contribution in [0.25, 0.3) is 6.08 Å². The van der Waals surface area contributed by atoms with Gasteiger partial charge in [-0.3, -0.25) is 14.5 Å². The Morgan fingerprint density at radius 3 is 2.78 bits per heavy atom. The van der Waals surface area contributed by atoms with Crippen molar-refractivity contribution in [3.05, 3.63) is 27.9 Å². The topological polar surface area (TPSA) is 88.1 Å². The molecule has 0 bridgehead atoms. The predicted octanol–water partition coefficient (Wildman–Crippen LogP) is 1.39. The Balaban J connectivity index is 2.32. The lowest BCUT2D eigenvalue weighted by Crippen LogP contribution is -2.35. The van der Waals surface area contributed by atoms with E-state index in [1.165, 1.54) is 26.4 Å². The number of nitrogens with zero attached hydrogens (tertiary/aromatic N) is 1. The van der Waals surface area contributed by atoms with E-state index in [1.807, 2.05) is 0 Å². The molecule has 0 unspecified atom stereocenters. The molecule has 2 rings (SSSR count). The van der Waals surface area contributed by atoms with E-state index in [2.05, 4.69) is 26.0 Å².